The summed E-state index contributed by atoms with van der Waals surface area (Å²) in [6, 6.07) is 7.92. The Balaban J connectivity index is 1.74. The molecule has 1 aromatic heterocycles. The summed E-state index contributed by atoms with van der Waals surface area (Å²) in [4.78, 5) is 21.0. The van der Waals surface area contributed by atoms with E-state index in [0.717, 1.165) is 24.8 Å². The van der Waals surface area contributed by atoms with Crippen LogP contribution in [0.4, 0.5) is 5.95 Å². The molecule has 1 heterocycles. The fourth-order valence-electron chi connectivity index (χ4n) is 2.85. The van der Waals surface area contributed by atoms with Gasteiger partial charge in [-0.1, -0.05) is 23.7 Å². The first-order valence-electron chi connectivity index (χ1n) is 8.16. The summed E-state index contributed by atoms with van der Waals surface area (Å²) >= 11 is 5.97. The normalized spacial score (nSPS) is 15.7. The molecule has 1 aliphatic rings. The average molecular weight is 345 g/mol. The van der Waals surface area contributed by atoms with E-state index in [2.05, 4.69) is 20.6 Å². The van der Waals surface area contributed by atoms with Gasteiger partial charge in [0.05, 0.1) is 11.1 Å². The largest absolute Gasteiger partial charge is 0.352 e. The van der Waals surface area contributed by atoms with Crippen molar-refractivity contribution < 1.29 is 4.79 Å². The molecule has 3 rings (SSSR count). The molecule has 1 aromatic carbocycles. The van der Waals surface area contributed by atoms with Crippen LogP contribution in [0, 0.1) is 0 Å². The molecule has 0 spiro atoms. The molecule has 2 aromatic rings. The highest BCUT2D eigenvalue weighted by molar-refractivity contribution is 6.30. The van der Waals surface area contributed by atoms with Crippen LogP contribution >= 0.6 is 11.6 Å². The van der Waals surface area contributed by atoms with Crippen LogP contribution in [0.3, 0.4) is 0 Å². The summed E-state index contributed by atoms with van der Waals surface area (Å²) in [7, 11) is 0. The third kappa shape index (κ3) is 3.51. The van der Waals surface area contributed by atoms with E-state index in [1.807, 2.05) is 38.1 Å². The second kappa shape index (κ2) is 6.77. The minimum absolute atomic E-state index is 0.152. The summed E-state index contributed by atoms with van der Waals surface area (Å²) in [6.45, 7) is 4.02. The number of hydrogen-bond acceptors (Lipinski definition) is 4. The van der Waals surface area contributed by atoms with Crippen molar-refractivity contribution in [3.63, 3.8) is 0 Å². The van der Waals surface area contributed by atoms with E-state index in [4.69, 9.17) is 11.6 Å². The Kier molecular flexibility index (Phi) is 4.71. The summed E-state index contributed by atoms with van der Waals surface area (Å²) in [5.41, 5.74) is 1.24. The van der Waals surface area contributed by atoms with Crippen molar-refractivity contribution in [2.45, 2.75) is 44.7 Å². The number of nitrogens with zero attached hydrogens (tertiary/aromatic N) is 2. The zero-order chi connectivity index (χ0) is 17.2. The molecular formula is C18H21ClN4O. The van der Waals surface area contributed by atoms with Crippen molar-refractivity contribution in [1.29, 1.82) is 0 Å². The molecule has 1 aliphatic carbocycles. The van der Waals surface area contributed by atoms with E-state index in [1.165, 1.54) is 0 Å². The lowest BCUT2D eigenvalue weighted by Crippen LogP contribution is -2.50. The Morgan fingerprint density at radius 2 is 1.79 bits per heavy atom. The van der Waals surface area contributed by atoms with Gasteiger partial charge in [-0.05, 0) is 50.8 Å². The van der Waals surface area contributed by atoms with Gasteiger partial charge in [-0.15, -0.1) is 0 Å². The molecule has 0 aliphatic heterocycles. The van der Waals surface area contributed by atoms with Gasteiger partial charge in [0.1, 0.15) is 0 Å². The number of rotatable bonds is 5. The first-order chi connectivity index (χ1) is 11.5. The SMILES string of the molecule is CC(C)Nc1ncc(C(=O)NC2(c3ccc(Cl)cc3)CCC2)cn1. The molecule has 0 radical (unpaired) electrons. The number of benzene rings is 1. The number of amides is 1. The second-order valence-electron chi connectivity index (χ2n) is 6.49. The highest BCUT2D eigenvalue weighted by Crippen LogP contribution is 2.41. The molecule has 0 bridgehead atoms. The molecule has 1 saturated carbocycles. The molecule has 0 atom stereocenters. The number of halogens is 1. The Bertz CT molecular complexity index is 709. The summed E-state index contributed by atoms with van der Waals surface area (Å²) in [6.07, 6.45) is 6.06. The van der Waals surface area contributed by atoms with Crippen molar-refractivity contribution in [1.82, 2.24) is 15.3 Å². The maximum Gasteiger partial charge on any atom is 0.255 e. The number of carbonyl (C=O) groups excluding carboxylic acids is 1. The fourth-order valence-corrected chi connectivity index (χ4v) is 2.98. The van der Waals surface area contributed by atoms with Gasteiger partial charge in [0.2, 0.25) is 5.95 Å². The second-order valence-corrected chi connectivity index (χ2v) is 6.93. The smallest absolute Gasteiger partial charge is 0.255 e. The lowest BCUT2D eigenvalue weighted by atomic mass is 9.71. The molecule has 1 amide bonds. The predicted molar refractivity (Wildman–Crippen MR) is 95.2 cm³/mol. The highest BCUT2D eigenvalue weighted by atomic mass is 35.5. The monoisotopic (exact) mass is 344 g/mol. The lowest BCUT2D eigenvalue weighted by Gasteiger charge is -2.43. The van der Waals surface area contributed by atoms with Crippen molar-refractivity contribution in [3.05, 3.63) is 52.8 Å². The van der Waals surface area contributed by atoms with Crippen LogP contribution in [0.15, 0.2) is 36.7 Å². The van der Waals surface area contributed by atoms with Crippen LogP contribution in [0.2, 0.25) is 5.02 Å². The third-order valence-electron chi connectivity index (χ3n) is 4.29. The average Bonchev–Trinajstić information content (AvgIpc) is 2.52. The van der Waals surface area contributed by atoms with Crippen molar-refractivity contribution in [3.8, 4) is 0 Å². The minimum atomic E-state index is -0.309. The first kappa shape index (κ1) is 16.7. The standard InChI is InChI=1S/C18H21ClN4O/c1-12(2)22-17-20-10-13(11-21-17)16(24)23-18(8-3-9-18)14-4-6-15(19)7-5-14/h4-7,10-12H,3,8-9H2,1-2H3,(H,23,24)(H,20,21,22). The minimum Gasteiger partial charge on any atom is -0.352 e. The maximum absolute atomic E-state index is 12.6. The predicted octanol–water partition coefficient (Wildman–Crippen LogP) is 3.76. The first-order valence-corrected chi connectivity index (χ1v) is 8.53. The van der Waals surface area contributed by atoms with E-state index < -0.39 is 0 Å². The van der Waals surface area contributed by atoms with Gasteiger partial charge in [0, 0.05) is 23.5 Å². The molecule has 6 heteroatoms. The molecule has 5 nitrogen and oxygen atoms in total. The van der Waals surface area contributed by atoms with Crippen LogP contribution in [-0.2, 0) is 5.54 Å². The van der Waals surface area contributed by atoms with Crippen LogP contribution in [0.25, 0.3) is 0 Å². The van der Waals surface area contributed by atoms with Crippen molar-refractivity contribution in [2.75, 3.05) is 5.32 Å². The topological polar surface area (TPSA) is 66.9 Å². The molecule has 1 fully saturated rings. The Morgan fingerprint density at radius 3 is 2.29 bits per heavy atom. The van der Waals surface area contributed by atoms with Crippen molar-refractivity contribution in [2.24, 2.45) is 0 Å². The Labute approximate surface area is 146 Å². The zero-order valence-corrected chi connectivity index (χ0v) is 14.6. The molecule has 2 N–H and O–H groups in total. The van der Waals surface area contributed by atoms with Gasteiger partial charge < -0.3 is 10.6 Å². The Morgan fingerprint density at radius 1 is 1.17 bits per heavy atom. The molecule has 24 heavy (non-hydrogen) atoms. The van der Waals surface area contributed by atoms with Gasteiger partial charge in [-0.3, -0.25) is 4.79 Å². The fraction of sp³-hybridized carbons (Fsp3) is 0.389. The van der Waals surface area contributed by atoms with Gasteiger partial charge in [-0.2, -0.15) is 0 Å². The van der Waals surface area contributed by atoms with Crippen LogP contribution in [-0.4, -0.2) is 21.9 Å². The number of carbonyl (C=O) groups is 1. The van der Waals surface area contributed by atoms with E-state index >= 15 is 0 Å². The number of hydrogen-bond donors (Lipinski definition) is 2. The van der Waals surface area contributed by atoms with E-state index in [0.29, 0.717) is 16.5 Å². The van der Waals surface area contributed by atoms with E-state index in [1.54, 1.807) is 12.4 Å². The number of anilines is 1. The molecule has 126 valence electrons. The van der Waals surface area contributed by atoms with Crippen LogP contribution < -0.4 is 10.6 Å². The van der Waals surface area contributed by atoms with Crippen LogP contribution in [0.1, 0.15) is 49.0 Å². The summed E-state index contributed by atoms with van der Waals surface area (Å²) in [5, 5.41) is 6.96. The quantitative estimate of drug-likeness (QED) is 0.866. The Hall–Kier alpha value is -2.14. The molecule has 0 unspecified atom stereocenters. The van der Waals surface area contributed by atoms with Gasteiger partial charge >= 0.3 is 0 Å². The van der Waals surface area contributed by atoms with Crippen molar-refractivity contribution >= 4 is 23.5 Å². The summed E-state index contributed by atoms with van der Waals surface area (Å²) in [5.74, 6) is 0.373. The lowest BCUT2D eigenvalue weighted by molar-refractivity contribution is 0.0822. The number of nitrogens with one attached hydrogen (secondary N) is 2. The third-order valence-corrected chi connectivity index (χ3v) is 4.54. The van der Waals surface area contributed by atoms with E-state index in [9.17, 15) is 4.79 Å². The van der Waals surface area contributed by atoms with Gasteiger partial charge in [0.25, 0.3) is 5.91 Å². The highest BCUT2D eigenvalue weighted by Gasteiger charge is 2.40. The summed E-state index contributed by atoms with van der Waals surface area (Å²) < 4.78 is 0. The maximum atomic E-state index is 12.6. The van der Waals surface area contributed by atoms with Crippen LogP contribution in [0.5, 0.6) is 0 Å². The molecular weight excluding hydrogens is 324 g/mol. The molecule has 0 saturated heterocycles. The van der Waals surface area contributed by atoms with Gasteiger partial charge in [-0.25, -0.2) is 9.97 Å². The van der Waals surface area contributed by atoms with E-state index in [-0.39, 0.29) is 17.5 Å². The zero-order valence-electron chi connectivity index (χ0n) is 13.8. The van der Waals surface area contributed by atoms with Gasteiger partial charge in [0.15, 0.2) is 0 Å². The number of aromatic nitrogens is 2.